The monoisotopic (exact) mass is 421 g/mol. The molecule has 1 amide bonds. The summed E-state index contributed by atoms with van der Waals surface area (Å²) in [4.78, 5) is 15.4. The van der Waals surface area contributed by atoms with E-state index < -0.39 is 0 Å². The smallest absolute Gasteiger partial charge is 0.254 e. The van der Waals surface area contributed by atoms with Crippen LogP contribution in [0.25, 0.3) is 0 Å². The molecule has 0 bridgehead atoms. The van der Waals surface area contributed by atoms with E-state index in [0.29, 0.717) is 28.6 Å². The Bertz CT molecular complexity index is 1080. The van der Waals surface area contributed by atoms with Crippen molar-refractivity contribution in [2.45, 2.75) is 19.4 Å². The van der Waals surface area contributed by atoms with Gasteiger partial charge in [0.15, 0.2) is 11.5 Å². The van der Waals surface area contributed by atoms with Gasteiger partial charge in [0.05, 0.1) is 20.3 Å². The molecule has 3 aromatic rings. The lowest BCUT2D eigenvalue weighted by Gasteiger charge is -2.38. The Labute approximate surface area is 182 Å². The van der Waals surface area contributed by atoms with Gasteiger partial charge in [-0.2, -0.15) is 0 Å². The highest BCUT2D eigenvalue weighted by Crippen LogP contribution is 2.41. The Hall–Kier alpha value is -2.98. The molecule has 0 spiro atoms. The van der Waals surface area contributed by atoms with Crippen molar-refractivity contribution in [3.63, 3.8) is 0 Å². The molecule has 3 aromatic carbocycles. The van der Waals surface area contributed by atoms with Gasteiger partial charge in [-0.25, -0.2) is 0 Å². The van der Waals surface area contributed by atoms with Crippen LogP contribution in [0.3, 0.4) is 0 Å². The van der Waals surface area contributed by atoms with Crippen molar-refractivity contribution >= 4 is 17.5 Å². The molecule has 1 aliphatic heterocycles. The van der Waals surface area contributed by atoms with Crippen LogP contribution in [0, 0.1) is 6.92 Å². The first-order valence-corrected chi connectivity index (χ1v) is 10.3. The maximum atomic E-state index is 13.5. The number of rotatable bonds is 4. The molecule has 0 N–H and O–H groups in total. The second-order valence-electron chi connectivity index (χ2n) is 7.48. The number of amides is 1. The van der Waals surface area contributed by atoms with Crippen molar-refractivity contribution in [1.29, 1.82) is 0 Å². The zero-order chi connectivity index (χ0) is 21.3. The summed E-state index contributed by atoms with van der Waals surface area (Å²) in [6.45, 7) is 2.62. The molecule has 1 heterocycles. The number of methoxy groups -OCH3 is 2. The fourth-order valence-corrected chi connectivity index (χ4v) is 4.26. The molecular formula is C25H24ClNO3. The second kappa shape index (κ2) is 8.41. The molecule has 0 aliphatic carbocycles. The number of aryl methyl sites for hydroxylation is 1. The van der Waals surface area contributed by atoms with E-state index in [1.807, 2.05) is 72.5 Å². The third kappa shape index (κ3) is 3.75. The minimum atomic E-state index is -0.263. The Kier molecular flexibility index (Phi) is 5.69. The average molecular weight is 422 g/mol. The number of carbonyl (C=O) groups excluding carboxylic acids is 1. The second-order valence-corrected chi connectivity index (χ2v) is 7.91. The molecule has 0 unspecified atom stereocenters. The molecule has 30 heavy (non-hydrogen) atoms. The van der Waals surface area contributed by atoms with Gasteiger partial charge in [0.1, 0.15) is 0 Å². The van der Waals surface area contributed by atoms with Crippen LogP contribution in [0.5, 0.6) is 11.5 Å². The fourth-order valence-electron chi connectivity index (χ4n) is 4.06. The van der Waals surface area contributed by atoms with Gasteiger partial charge < -0.3 is 14.4 Å². The number of benzene rings is 3. The van der Waals surface area contributed by atoms with Crippen LogP contribution >= 0.6 is 11.6 Å². The van der Waals surface area contributed by atoms with Crippen LogP contribution in [0.1, 0.15) is 38.7 Å². The van der Waals surface area contributed by atoms with Crippen molar-refractivity contribution in [1.82, 2.24) is 4.90 Å². The Morgan fingerprint density at radius 3 is 2.37 bits per heavy atom. The Morgan fingerprint density at radius 2 is 1.70 bits per heavy atom. The van der Waals surface area contributed by atoms with Crippen LogP contribution in [0.4, 0.5) is 0 Å². The third-order valence-corrected chi connectivity index (χ3v) is 5.83. The number of carbonyl (C=O) groups is 1. The Balaban J connectivity index is 1.85. The van der Waals surface area contributed by atoms with Gasteiger partial charge >= 0.3 is 0 Å². The topological polar surface area (TPSA) is 38.8 Å². The van der Waals surface area contributed by atoms with Gasteiger partial charge in [-0.05, 0) is 66.4 Å². The number of hydrogen-bond acceptors (Lipinski definition) is 3. The molecule has 154 valence electrons. The molecule has 4 rings (SSSR count). The predicted molar refractivity (Wildman–Crippen MR) is 119 cm³/mol. The van der Waals surface area contributed by atoms with E-state index in [2.05, 4.69) is 0 Å². The summed E-state index contributed by atoms with van der Waals surface area (Å²) in [7, 11) is 3.26. The van der Waals surface area contributed by atoms with Crippen molar-refractivity contribution < 1.29 is 14.3 Å². The molecule has 0 saturated carbocycles. The standard InChI is InChI=1S/C25H24ClNO3/c1-16-7-9-17(10-8-16)25(28)27-12-11-18-14-22(29-2)23(30-3)15-21(18)24(27)19-5-4-6-20(26)13-19/h4-10,13-15,24H,11-12H2,1-3H3/t24-/m1/s1. The molecule has 0 fully saturated rings. The summed E-state index contributed by atoms with van der Waals surface area (Å²) < 4.78 is 11.0. The highest BCUT2D eigenvalue weighted by Gasteiger charge is 2.34. The summed E-state index contributed by atoms with van der Waals surface area (Å²) >= 11 is 6.31. The van der Waals surface area contributed by atoms with Crippen molar-refractivity contribution in [3.8, 4) is 11.5 Å². The van der Waals surface area contributed by atoms with E-state index in [0.717, 1.165) is 28.7 Å². The van der Waals surface area contributed by atoms with Gasteiger partial charge in [-0.3, -0.25) is 4.79 Å². The molecular weight excluding hydrogens is 398 g/mol. The van der Waals surface area contributed by atoms with E-state index >= 15 is 0 Å². The zero-order valence-electron chi connectivity index (χ0n) is 17.3. The average Bonchev–Trinajstić information content (AvgIpc) is 2.77. The van der Waals surface area contributed by atoms with Crippen molar-refractivity contribution in [3.05, 3.63) is 93.5 Å². The summed E-state index contributed by atoms with van der Waals surface area (Å²) in [6.07, 6.45) is 0.740. The van der Waals surface area contributed by atoms with Crippen molar-refractivity contribution in [2.24, 2.45) is 0 Å². The lowest BCUT2D eigenvalue weighted by atomic mass is 9.87. The highest BCUT2D eigenvalue weighted by atomic mass is 35.5. The van der Waals surface area contributed by atoms with E-state index in [9.17, 15) is 4.79 Å². The van der Waals surface area contributed by atoms with Crippen LogP contribution in [0.15, 0.2) is 60.7 Å². The molecule has 0 radical (unpaired) electrons. The third-order valence-electron chi connectivity index (χ3n) is 5.60. The minimum Gasteiger partial charge on any atom is -0.493 e. The van der Waals surface area contributed by atoms with Crippen LogP contribution < -0.4 is 9.47 Å². The number of hydrogen-bond donors (Lipinski definition) is 0. The van der Waals surface area contributed by atoms with Crippen LogP contribution in [-0.4, -0.2) is 31.6 Å². The predicted octanol–water partition coefficient (Wildman–Crippen LogP) is 5.45. The van der Waals surface area contributed by atoms with E-state index in [4.69, 9.17) is 21.1 Å². The normalized spacial score (nSPS) is 15.5. The summed E-state index contributed by atoms with van der Waals surface area (Å²) in [5.41, 5.74) is 4.94. The van der Waals surface area contributed by atoms with Gasteiger partial charge in [0, 0.05) is 17.1 Å². The maximum absolute atomic E-state index is 13.5. The maximum Gasteiger partial charge on any atom is 0.254 e. The highest BCUT2D eigenvalue weighted by molar-refractivity contribution is 6.30. The first-order chi connectivity index (χ1) is 14.5. The van der Waals surface area contributed by atoms with E-state index in [1.165, 1.54) is 0 Å². The molecule has 0 saturated heterocycles. The van der Waals surface area contributed by atoms with E-state index in [1.54, 1.807) is 14.2 Å². The first-order valence-electron chi connectivity index (χ1n) is 9.89. The number of halogens is 1. The molecule has 5 heteroatoms. The first kappa shape index (κ1) is 20.3. The SMILES string of the molecule is COc1cc2c(cc1OC)[C@@H](c1cccc(Cl)c1)N(C(=O)c1ccc(C)cc1)CC2. The zero-order valence-corrected chi connectivity index (χ0v) is 18.1. The quantitative estimate of drug-likeness (QED) is 0.562. The minimum absolute atomic E-state index is 0.000380. The molecule has 0 aromatic heterocycles. The fraction of sp³-hybridized carbons (Fsp3) is 0.240. The van der Waals surface area contributed by atoms with Gasteiger partial charge in [-0.15, -0.1) is 0 Å². The van der Waals surface area contributed by atoms with Crippen molar-refractivity contribution in [2.75, 3.05) is 20.8 Å². The summed E-state index contributed by atoms with van der Waals surface area (Å²) in [5, 5.41) is 0.642. The summed E-state index contributed by atoms with van der Waals surface area (Å²) in [6, 6.07) is 19.1. The molecule has 1 aliphatic rings. The number of ether oxygens (including phenoxy) is 2. The molecule has 1 atom stereocenters. The van der Waals surface area contributed by atoms with Crippen LogP contribution in [-0.2, 0) is 6.42 Å². The van der Waals surface area contributed by atoms with Gasteiger partial charge in [0.2, 0.25) is 0 Å². The summed E-state index contributed by atoms with van der Waals surface area (Å²) in [5.74, 6) is 1.34. The number of nitrogens with zero attached hydrogens (tertiary/aromatic N) is 1. The lowest BCUT2D eigenvalue weighted by molar-refractivity contribution is 0.0694. The van der Waals surface area contributed by atoms with Gasteiger partial charge in [0.25, 0.3) is 5.91 Å². The number of fused-ring (bicyclic) bond motifs is 1. The van der Waals surface area contributed by atoms with E-state index in [-0.39, 0.29) is 11.9 Å². The van der Waals surface area contributed by atoms with Gasteiger partial charge in [-0.1, -0.05) is 41.4 Å². The Morgan fingerprint density at radius 1 is 1.00 bits per heavy atom. The lowest BCUT2D eigenvalue weighted by Crippen LogP contribution is -2.40. The molecule has 4 nitrogen and oxygen atoms in total. The largest absolute Gasteiger partial charge is 0.493 e. The van der Waals surface area contributed by atoms with Crippen LogP contribution in [0.2, 0.25) is 5.02 Å².